The zero-order valence-corrected chi connectivity index (χ0v) is 25.7. The van der Waals surface area contributed by atoms with Crippen LogP contribution in [0.4, 0.5) is 0 Å². The van der Waals surface area contributed by atoms with E-state index in [1.54, 1.807) is 30.3 Å². The molecule has 2 aromatic carbocycles. The van der Waals surface area contributed by atoms with Crippen LogP contribution >= 0.6 is 90.4 Å². The molecule has 1 heterocycles. The number of carbonyl (C=O) groups is 1. The summed E-state index contributed by atoms with van der Waals surface area (Å²) in [5.41, 5.74) is 1.96. The van der Waals surface area contributed by atoms with Crippen LogP contribution in [0.5, 0.6) is 5.75 Å². The summed E-state index contributed by atoms with van der Waals surface area (Å²) in [4.78, 5) is 24.3. The van der Waals surface area contributed by atoms with Crippen LogP contribution in [0.15, 0.2) is 45.6 Å². The number of benzene rings is 3. The van der Waals surface area contributed by atoms with E-state index in [0.717, 1.165) is 0 Å². The summed E-state index contributed by atoms with van der Waals surface area (Å²) in [5, 5.41) is 22.9. The molecule has 10 heteroatoms. The number of fused-ring (bicyclic) bond motifs is 2. The van der Waals surface area contributed by atoms with Gasteiger partial charge in [0, 0.05) is 22.1 Å². The summed E-state index contributed by atoms with van der Waals surface area (Å²) < 4.78 is 8.09. The van der Waals surface area contributed by atoms with Gasteiger partial charge in [-0.15, -0.1) is 0 Å². The Morgan fingerprint density at radius 2 is 1.63 bits per heavy atom. The first-order chi connectivity index (χ1) is 13.7. The number of rotatable bonds is 2. The van der Waals surface area contributed by atoms with Crippen molar-refractivity contribution in [2.45, 2.75) is 0 Å². The predicted molar refractivity (Wildman–Crippen MR) is 141 cm³/mol. The number of hydrogen-bond donors (Lipinski definition) is 1. The maximum Gasteiger partial charge on any atom is 1.00 e. The molecule has 1 aliphatic heterocycles. The van der Waals surface area contributed by atoms with Gasteiger partial charge in [0.05, 0.1) is 16.7 Å². The molecule has 1 aliphatic carbocycles. The van der Waals surface area contributed by atoms with Crippen LogP contribution in [0.2, 0.25) is 0 Å². The van der Waals surface area contributed by atoms with Gasteiger partial charge < -0.3 is 19.4 Å². The molecule has 0 amide bonds. The molecular weight excluding hydrogens is 851 g/mol. The largest absolute Gasteiger partial charge is 1.00 e. The zero-order chi connectivity index (χ0) is 21.0. The Kier molecular flexibility index (Phi) is 8.04. The Balaban J connectivity index is 0.00000256. The van der Waals surface area contributed by atoms with Crippen molar-refractivity contribution >= 4 is 107 Å². The van der Waals surface area contributed by atoms with Gasteiger partial charge in [0.2, 0.25) is 5.43 Å². The van der Waals surface area contributed by atoms with Gasteiger partial charge in [-0.3, -0.25) is 4.79 Å². The minimum atomic E-state index is -1.30. The van der Waals surface area contributed by atoms with Crippen molar-refractivity contribution in [2.24, 2.45) is 0 Å². The molecule has 0 aromatic heterocycles. The second-order valence-corrected chi connectivity index (χ2v) is 10.6. The molecule has 0 radical (unpaired) electrons. The van der Waals surface area contributed by atoms with Crippen molar-refractivity contribution in [1.29, 1.82) is 0 Å². The Labute approximate surface area is 247 Å². The monoisotopic (exact) mass is 858 g/mol. The smallest absolute Gasteiger partial charge is 0.545 e. The van der Waals surface area contributed by atoms with Crippen LogP contribution in [0.1, 0.15) is 10.4 Å². The maximum absolute atomic E-state index is 12.5. The molecule has 2 aliphatic rings. The van der Waals surface area contributed by atoms with Gasteiger partial charge in [-0.05, 0) is 108 Å². The quantitative estimate of drug-likeness (QED) is 0.190. The van der Waals surface area contributed by atoms with Gasteiger partial charge in [0.15, 0.2) is 11.3 Å². The average Bonchev–Trinajstić information content (AvgIpc) is 2.69. The molecule has 1 N–H and O–H groups in total. The molecule has 2 aromatic rings. The first-order valence-electron chi connectivity index (χ1n) is 7.98. The third-order valence-corrected chi connectivity index (χ3v) is 8.04. The van der Waals surface area contributed by atoms with Crippen molar-refractivity contribution in [1.82, 2.24) is 0 Å². The molecule has 30 heavy (non-hydrogen) atoms. The van der Waals surface area contributed by atoms with Gasteiger partial charge in [-0.2, -0.15) is 0 Å². The van der Waals surface area contributed by atoms with Crippen LogP contribution in [-0.4, -0.2) is 11.1 Å². The van der Waals surface area contributed by atoms with E-state index in [0.29, 0.717) is 47.7 Å². The van der Waals surface area contributed by atoms with Gasteiger partial charge in [0.25, 0.3) is 0 Å². The van der Waals surface area contributed by atoms with E-state index in [2.05, 4.69) is 0 Å². The van der Waals surface area contributed by atoms with Gasteiger partial charge in [0.1, 0.15) is 9.32 Å². The molecular formula is C20H7I4NaO5. The summed E-state index contributed by atoms with van der Waals surface area (Å²) >= 11 is 7.92. The molecule has 0 spiro atoms. The normalized spacial score (nSPS) is 10.9. The van der Waals surface area contributed by atoms with E-state index in [4.69, 9.17) is 4.42 Å². The summed E-state index contributed by atoms with van der Waals surface area (Å²) in [6.07, 6.45) is 0. The van der Waals surface area contributed by atoms with Crippen LogP contribution in [0.3, 0.4) is 0 Å². The number of aromatic hydroxyl groups is 1. The Bertz CT molecular complexity index is 1370. The summed E-state index contributed by atoms with van der Waals surface area (Å²) in [7, 11) is 0. The molecule has 0 saturated heterocycles. The molecule has 5 nitrogen and oxygen atoms in total. The Morgan fingerprint density at radius 1 is 0.967 bits per heavy atom. The van der Waals surface area contributed by atoms with Crippen LogP contribution in [-0.2, 0) is 0 Å². The molecule has 0 bridgehead atoms. The van der Waals surface area contributed by atoms with E-state index >= 15 is 0 Å². The van der Waals surface area contributed by atoms with Crippen molar-refractivity contribution in [2.75, 3.05) is 0 Å². The van der Waals surface area contributed by atoms with Gasteiger partial charge >= 0.3 is 29.6 Å². The number of carbonyl (C=O) groups excluding carboxylic acids is 1. The summed E-state index contributed by atoms with van der Waals surface area (Å²) in [5.74, 6) is -0.871. The second-order valence-electron chi connectivity index (χ2n) is 6.09. The van der Waals surface area contributed by atoms with Crippen molar-refractivity contribution < 1.29 is 49.0 Å². The van der Waals surface area contributed by atoms with E-state index in [1.807, 2.05) is 90.4 Å². The second kappa shape index (κ2) is 9.67. The molecule has 0 atom stereocenters. The van der Waals surface area contributed by atoms with Gasteiger partial charge in [-0.25, -0.2) is 0 Å². The standard InChI is InChI=1S/C20H8I4O5.Na/c21-11-5-9-13(7-3-1-2-4-8(7)20(27)28)10-6-12(22)17(26)15(24)19(10)29-18(9)14(23)16(11)25;/h1-6,25H,(H,27,28);/q;+1/p-1. The Hall–Kier alpha value is 0.320. The molecule has 4 rings (SSSR count). The number of aromatic carboxylic acids is 1. The number of phenols is 1. The third-order valence-electron chi connectivity index (χ3n) is 4.44. The van der Waals surface area contributed by atoms with Crippen molar-refractivity contribution in [3.63, 3.8) is 0 Å². The van der Waals surface area contributed by atoms with Crippen molar-refractivity contribution in [3.8, 4) is 28.2 Å². The fraction of sp³-hybridized carbons (Fsp3) is 0. The fourth-order valence-corrected chi connectivity index (χ4v) is 6.74. The summed E-state index contributed by atoms with van der Waals surface area (Å²) in [6.45, 7) is 0. The molecule has 0 unspecified atom stereocenters. The maximum atomic E-state index is 12.5. The fourth-order valence-electron chi connectivity index (χ4n) is 3.16. The van der Waals surface area contributed by atoms with E-state index in [1.165, 1.54) is 6.07 Å². The summed E-state index contributed by atoms with van der Waals surface area (Å²) in [6, 6.07) is 10.0. The van der Waals surface area contributed by atoms with Crippen LogP contribution < -0.4 is 40.1 Å². The topological polar surface area (TPSA) is 90.6 Å². The molecule has 146 valence electrons. The van der Waals surface area contributed by atoms with E-state index < -0.39 is 5.97 Å². The number of hydrogen-bond acceptors (Lipinski definition) is 5. The van der Waals surface area contributed by atoms with Crippen LogP contribution in [0.25, 0.3) is 33.4 Å². The third kappa shape index (κ3) is 4.16. The van der Waals surface area contributed by atoms with Crippen molar-refractivity contribution in [3.05, 3.63) is 66.5 Å². The van der Waals surface area contributed by atoms with Gasteiger partial charge in [-0.1, -0.05) is 24.3 Å². The molecule has 0 fully saturated rings. The zero-order valence-electron chi connectivity index (χ0n) is 15.1. The number of carboxylic acid groups (broad SMARTS) is 1. The number of carboxylic acids is 1. The Morgan fingerprint density at radius 3 is 2.30 bits per heavy atom. The van der Waals surface area contributed by atoms with E-state index in [-0.39, 0.29) is 46.3 Å². The molecule has 0 saturated carbocycles. The predicted octanol–water partition coefficient (Wildman–Crippen LogP) is 2.06. The van der Waals surface area contributed by atoms with Crippen LogP contribution in [0, 0.1) is 14.3 Å². The minimum absolute atomic E-state index is 0. The SMILES string of the molecule is O=C([O-])c1ccccc1-c1c2cc(I)c(=O)c(I)c-2oc2c(I)c(O)c(I)cc12.[Na+]. The van der Waals surface area contributed by atoms with E-state index in [9.17, 15) is 19.8 Å². The number of halogens is 4. The first kappa shape index (κ1) is 25.0. The number of phenolic OH excluding ortho intramolecular Hbond substituents is 1. The first-order valence-corrected chi connectivity index (χ1v) is 12.3. The average molecular weight is 858 g/mol. The minimum Gasteiger partial charge on any atom is -0.545 e.